The number of likely N-dealkylation sites (tertiary alicyclic amines) is 1. The van der Waals surface area contributed by atoms with E-state index in [9.17, 15) is 9.90 Å². The van der Waals surface area contributed by atoms with Crippen LogP contribution in [0.2, 0.25) is 0 Å². The number of pyridine rings is 1. The minimum atomic E-state index is -0.657. The van der Waals surface area contributed by atoms with Gasteiger partial charge in [-0.3, -0.25) is 4.79 Å². The molecule has 5 nitrogen and oxygen atoms in total. The third-order valence-electron chi connectivity index (χ3n) is 4.01. The summed E-state index contributed by atoms with van der Waals surface area (Å²) in [5.41, 5.74) is 0.802. The summed E-state index contributed by atoms with van der Waals surface area (Å²) in [5, 5.41) is 14.3. The van der Waals surface area contributed by atoms with Gasteiger partial charge in [0.2, 0.25) is 0 Å². The van der Waals surface area contributed by atoms with Crippen molar-refractivity contribution in [1.29, 1.82) is 0 Å². The number of hydrogen-bond donors (Lipinski definition) is 1. The quantitative estimate of drug-likeness (QED) is 0.860. The molecule has 1 aliphatic rings. The van der Waals surface area contributed by atoms with Crippen molar-refractivity contribution in [2.24, 2.45) is 0 Å². The molecule has 2 aromatic heterocycles. The van der Waals surface area contributed by atoms with Gasteiger partial charge in [0.1, 0.15) is 0 Å². The van der Waals surface area contributed by atoms with E-state index in [0.29, 0.717) is 25.1 Å². The van der Waals surface area contributed by atoms with Gasteiger partial charge in [-0.2, -0.15) is 5.10 Å². The fourth-order valence-electron chi connectivity index (χ4n) is 2.74. The molecule has 5 heteroatoms. The molecule has 1 amide bonds. The monoisotopic (exact) mass is 273 g/mol. The van der Waals surface area contributed by atoms with E-state index in [1.807, 2.05) is 36.2 Å². The van der Waals surface area contributed by atoms with Gasteiger partial charge in [-0.25, -0.2) is 4.52 Å². The first-order valence-electron chi connectivity index (χ1n) is 7.01. The Balaban J connectivity index is 1.85. The second-order valence-electron chi connectivity index (χ2n) is 5.73. The van der Waals surface area contributed by atoms with Gasteiger partial charge in [-0.05, 0) is 38.3 Å². The first-order valence-corrected chi connectivity index (χ1v) is 7.01. The molecule has 106 valence electrons. The van der Waals surface area contributed by atoms with Crippen LogP contribution in [0.4, 0.5) is 0 Å². The Hall–Kier alpha value is -1.88. The highest BCUT2D eigenvalue weighted by atomic mass is 16.3. The lowest BCUT2D eigenvalue weighted by atomic mass is 9.98. The van der Waals surface area contributed by atoms with E-state index in [2.05, 4.69) is 5.10 Å². The van der Waals surface area contributed by atoms with E-state index in [1.165, 1.54) is 0 Å². The molecule has 0 spiro atoms. The SMILES string of the molecule is CC1(O)CCCN(C(=O)c2cnn3ccccc23)CC1. The molecule has 0 bridgehead atoms. The molecule has 1 atom stereocenters. The molecule has 3 heterocycles. The van der Waals surface area contributed by atoms with Crippen molar-refractivity contribution in [2.75, 3.05) is 13.1 Å². The van der Waals surface area contributed by atoms with Gasteiger partial charge in [0.25, 0.3) is 5.91 Å². The molecular formula is C15H19N3O2. The predicted octanol–water partition coefficient (Wildman–Crippen LogP) is 1.71. The van der Waals surface area contributed by atoms with Crippen LogP contribution in [0, 0.1) is 0 Å². The van der Waals surface area contributed by atoms with Crippen LogP contribution in [0.15, 0.2) is 30.6 Å². The van der Waals surface area contributed by atoms with Crippen molar-refractivity contribution in [3.63, 3.8) is 0 Å². The van der Waals surface area contributed by atoms with E-state index in [-0.39, 0.29) is 5.91 Å². The van der Waals surface area contributed by atoms with E-state index in [1.54, 1.807) is 10.7 Å². The predicted molar refractivity (Wildman–Crippen MR) is 75.6 cm³/mol. The van der Waals surface area contributed by atoms with E-state index in [0.717, 1.165) is 18.4 Å². The maximum Gasteiger partial charge on any atom is 0.257 e. The number of carbonyl (C=O) groups excluding carboxylic acids is 1. The van der Waals surface area contributed by atoms with Crippen molar-refractivity contribution in [1.82, 2.24) is 14.5 Å². The van der Waals surface area contributed by atoms with E-state index < -0.39 is 5.60 Å². The molecule has 1 fully saturated rings. The summed E-state index contributed by atoms with van der Waals surface area (Å²) in [5.74, 6) is 0.00361. The van der Waals surface area contributed by atoms with Gasteiger partial charge < -0.3 is 10.0 Å². The highest BCUT2D eigenvalue weighted by Gasteiger charge is 2.28. The largest absolute Gasteiger partial charge is 0.390 e. The third kappa shape index (κ3) is 2.41. The molecule has 0 aromatic carbocycles. The normalized spacial score (nSPS) is 23.8. The summed E-state index contributed by atoms with van der Waals surface area (Å²) < 4.78 is 1.71. The average molecular weight is 273 g/mol. The fourth-order valence-corrected chi connectivity index (χ4v) is 2.74. The van der Waals surface area contributed by atoms with Gasteiger partial charge in [-0.15, -0.1) is 0 Å². The summed E-state index contributed by atoms with van der Waals surface area (Å²) in [7, 11) is 0. The lowest BCUT2D eigenvalue weighted by Gasteiger charge is -2.22. The van der Waals surface area contributed by atoms with Crippen LogP contribution in [-0.2, 0) is 0 Å². The third-order valence-corrected chi connectivity index (χ3v) is 4.01. The highest BCUT2D eigenvalue weighted by molar-refractivity contribution is 6.00. The zero-order chi connectivity index (χ0) is 14.2. The van der Waals surface area contributed by atoms with Crippen LogP contribution < -0.4 is 0 Å². The van der Waals surface area contributed by atoms with Gasteiger partial charge in [0.15, 0.2) is 0 Å². The summed E-state index contributed by atoms with van der Waals surface area (Å²) >= 11 is 0. The minimum Gasteiger partial charge on any atom is -0.390 e. The lowest BCUT2D eigenvalue weighted by Crippen LogP contribution is -2.33. The summed E-state index contributed by atoms with van der Waals surface area (Å²) in [6.07, 6.45) is 5.65. The molecular weight excluding hydrogens is 254 g/mol. The maximum atomic E-state index is 12.6. The summed E-state index contributed by atoms with van der Waals surface area (Å²) in [4.78, 5) is 14.5. The number of aliphatic hydroxyl groups is 1. The average Bonchev–Trinajstić information content (AvgIpc) is 2.77. The van der Waals surface area contributed by atoms with Gasteiger partial charge >= 0.3 is 0 Å². The van der Waals surface area contributed by atoms with Gasteiger partial charge in [-0.1, -0.05) is 6.07 Å². The zero-order valence-electron chi connectivity index (χ0n) is 11.6. The lowest BCUT2D eigenvalue weighted by molar-refractivity contribution is 0.0438. The van der Waals surface area contributed by atoms with Crippen LogP contribution >= 0.6 is 0 Å². The smallest absolute Gasteiger partial charge is 0.257 e. The number of fused-ring (bicyclic) bond motifs is 1. The van der Waals surface area contributed by atoms with Crippen molar-refractivity contribution in [3.05, 3.63) is 36.2 Å². The van der Waals surface area contributed by atoms with Gasteiger partial charge in [0, 0.05) is 19.3 Å². The van der Waals surface area contributed by atoms with Crippen LogP contribution in [0.1, 0.15) is 36.5 Å². The first kappa shape index (κ1) is 13.1. The molecule has 3 rings (SSSR count). The Bertz CT molecular complexity index is 633. The molecule has 20 heavy (non-hydrogen) atoms. The number of hydrogen-bond acceptors (Lipinski definition) is 3. The first-order chi connectivity index (χ1) is 9.57. The van der Waals surface area contributed by atoms with Crippen molar-refractivity contribution in [2.45, 2.75) is 31.8 Å². The number of carbonyl (C=O) groups is 1. The van der Waals surface area contributed by atoms with Crippen LogP contribution in [0.3, 0.4) is 0 Å². The molecule has 1 saturated heterocycles. The Morgan fingerprint density at radius 1 is 1.35 bits per heavy atom. The Morgan fingerprint density at radius 3 is 3.05 bits per heavy atom. The minimum absolute atomic E-state index is 0.00361. The zero-order valence-corrected chi connectivity index (χ0v) is 11.6. The van der Waals surface area contributed by atoms with Crippen molar-refractivity contribution < 1.29 is 9.90 Å². The molecule has 1 aliphatic heterocycles. The second kappa shape index (κ2) is 4.90. The Labute approximate surface area is 117 Å². The van der Waals surface area contributed by atoms with E-state index in [4.69, 9.17) is 0 Å². The Morgan fingerprint density at radius 2 is 2.20 bits per heavy atom. The number of amides is 1. The topological polar surface area (TPSA) is 57.8 Å². The molecule has 0 radical (unpaired) electrons. The van der Waals surface area contributed by atoms with Crippen LogP contribution in [0.5, 0.6) is 0 Å². The van der Waals surface area contributed by atoms with Gasteiger partial charge in [0.05, 0.1) is 22.9 Å². The molecule has 1 N–H and O–H groups in total. The maximum absolute atomic E-state index is 12.6. The Kier molecular flexibility index (Phi) is 3.22. The fraction of sp³-hybridized carbons (Fsp3) is 0.467. The van der Waals surface area contributed by atoms with Crippen LogP contribution in [0.25, 0.3) is 5.52 Å². The summed E-state index contributed by atoms with van der Waals surface area (Å²) in [6, 6.07) is 5.69. The van der Waals surface area contributed by atoms with E-state index >= 15 is 0 Å². The number of nitrogens with zero attached hydrogens (tertiary/aromatic N) is 3. The van der Waals surface area contributed by atoms with Crippen LogP contribution in [-0.4, -0.2) is 44.2 Å². The number of rotatable bonds is 1. The number of aromatic nitrogens is 2. The molecule has 2 aromatic rings. The molecule has 0 aliphatic carbocycles. The summed E-state index contributed by atoms with van der Waals surface area (Å²) in [6.45, 7) is 3.13. The molecule has 1 unspecified atom stereocenters. The van der Waals surface area contributed by atoms with Crippen molar-refractivity contribution in [3.8, 4) is 0 Å². The highest BCUT2D eigenvalue weighted by Crippen LogP contribution is 2.23. The van der Waals surface area contributed by atoms with Crippen molar-refractivity contribution >= 4 is 11.4 Å². The second-order valence-corrected chi connectivity index (χ2v) is 5.73. The standard InChI is InChI=1S/C15H19N3O2/c1-15(20)6-4-8-17(10-7-15)14(19)12-11-16-18-9-3-2-5-13(12)18/h2-3,5,9,11,20H,4,6-8,10H2,1H3. The molecule has 0 saturated carbocycles.